The number of nitrogens with one attached hydrogen (secondary N) is 1. The topological polar surface area (TPSA) is 58.2 Å². The van der Waals surface area contributed by atoms with Crippen LogP contribution in [-0.2, 0) is 6.54 Å². The van der Waals surface area contributed by atoms with Crippen molar-refractivity contribution in [3.63, 3.8) is 0 Å². The van der Waals surface area contributed by atoms with Crippen LogP contribution >= 0.6 is 0 Å². The number of ether oxygens (including phenoxy) is 1. The van der Waals surface area contributed by atoms with Crippen LogP contribution in [-0.4, -0.2) is 23.1 Å². The molecule has 0 saturated heterocycles. The second-order valence-electron chi connectivity index (χ2n) is 5.39. The summed E-state index contributed by atoms with van der Waals surface area (Å²) < 4.78 is 19.7. The van der Waals surface area contributed by atoms with Gasteiger partial charge in [-0.1, -0.05) is 18.2 Å². The molecule has 0 fully saturated rings. The van der Waals surface area contributed by atoms with Crippen molar-refractivity contribution < 1.29 is 9.13 Å². The normalized spacial score (nSPS) is 14.2. The Hall–Kier alpha value is -2.89. The quantitative estimate of drug-likeness (QED) is 0.750. The van der Waals surface area contributed by atoms with Crippen molar-refractivity contribution in [1.29, 1.82) is 0 Å². The van der Waals surface area contributed by atoms with E-state index in [2.05, 4.69) is 9.97 Å². The summed E-state index contributed by atoms with van der Waals surface area (Å²) in [4.78, 5) is 21.3. The average molecular weight is 311 g/mol. The zero-order chi connectivity index (χ0) is 15.8. The van der Waals surface area contributed by atoms with E-state index >= 15 is 0 Å². The lowest BCUT2D eigenvalue weighted by Crippen LogP contribution is -2.29. The molecule has 116 valence electrons. The summed E-state index contributed by atoms with van der Waals surface area (Å²) in [7, 11) is 0. The Kier molecular flexibility index (Phi) is 3.22. The number of aromatic nitrogens is 2. The molecule has 6 heteroatoms. The van der Waals surface area contributed by atoms with Crippen molar-refractivity contribution in [3.05, 3.63) is 64.2 Å². The largest absolute Gasteiger partial charge is 0.491 e. The van der Waals surface area contributed by atoms with Gasteiger partial charge in [0.05, 0.1) is 24.0 Å². The second-order valence-corrected chi connectivity index (χ2v) is 5.39. The van der Waals surface area contributed by atoms with Crippen molar-refractivity contribution in [2.45, 2.75) is 6.54 Å². The van der Waals surface area contributed by atoms with Gasteiger partial charge in [0.15, 0.2) is 0 Å². The van der Waals surface area contributed by atoms with Gasteiger partial charge in [0.2, 0.25) is 5.95 Å². The van der Waals surface area contributed by atoms with Crippen LogP contribution in [0.4, 0.5) is 10.3 Å². The van der Waals surface area contributed by atoms with E-state index in [0.717, 1.165) is 0 Å². The number of H-pyrrole nitrogens is 1. The summed E-state index contributed by atoms with van der Waals surface area (Å²) in [5.74, 6) is 0.640. The maximum atomic E-state index is 14.1. The molecule has 0 spiro atoms. The lowest BCUT2D eigenvalue weighted by Gasteiger charge is -2.20. The van der Waals surface area contributed by atoms with E-state index in [1.54, 1.807) is 30.3 Å². The summed E-state index contributed by atoms with van der Waals surface area (Å²) in [6.45, 7) is 1.20. The number of hydrogen-bond acceptors (Lipinski definition) is 4. The predicted octanol–water partition coefficient (Wildman–Crippen LogP) is 2.46. The van der Waals surface area contributed by atoms with Crippen molar-refractivity contribution in [3.8, 4) is 5.75 Å². The fraction of sp³-hybridized carbons (Fsp3) is 0.176. The van der Waals surface area contributed by atoms with Gasteiger partial charge >= 0.3 is 0 Å². The zero-order valence-electron chi connectivity index (χ0n) is 12.3. The summed E-state index contributed by atoms with van der Waals surface area (Å²) in [6, 6.07) is 11.9. The standard InChI is InChI=1S/C17H14FN3O2/c18-13-5-3-7-15-12(13)10-21(8-9-23-15)17-19-14-6-2-1-4-11(14)16(22)20-17/h1-7H,8-10H2,(H,19,20,22). The van der Waals surface area contributed by atoms with E-state index in [1.807, 2.05) is 11.0 Å². The van der Waals surface area contributed by atoms with E-state index in [9.17, 15) is 9.18 Å². The van der Waals surface area contributed by atoms with Gasteiger partial charge in [0.1, 0.15) is 18.2 Å². The molecular formula is C17H14FN3O2. The van der Waals surface area contributed by atoms with E-state index in [-0.39, 0.29) is 11.4 Å². The first-order valence-electron chi connectivity index (χ1n) is 7.36. The van der Waals surface area contributed by atoms with Crippen LogP contribution in [0.15, 0.2) is 47.3 Å². The molecule has 1 N–H and O–H groups in total. The van der Waals surface area contributed by atoms with Gasteiger partial charge in [-0.2, -0.15) is 0 Å². The molecule has 0 bridgehead atoms. The summed E-state index contributed by atoms with van der Waals surface area (Å²) >= 11 is 0. The predicted molar refractivity (Wildman–Crippen MR) is 85.3 cm³/mol. The van der Waals surface area contributed by atoms with Crippen LogP contribution in [0, 0.1) is 5.82 Å². The highest BCUT2D eigenvalue weighted by Crippen LogP contribution is 2.27. The first kappa shape index (κ1) is 13.8. The number of fused-ring (bicyclic) bond motifs is 2. The number of anilines is 1. The molecule has 0 amide bonds. The highest BCUT2D eigenvalue weighted by atomic mass is 19.1. The van der Waals surface area contributed by atoms with E-state index < -0.39 is 0 Å². The molecule has 2 aromatic carbocycles. The van der Waals surface area contributed by atoms with Gasteiger partial charge < -0.3 is 9.64 Å². The highest BCUT2D eigenvalue weighted by Gasteiger charge is 2.20. The maximum Gasteiger partial charge on any atom is 0.260 e. The van der Waals surface area contributed by atoms with Crippen molar-refractivity contribution in [2.24, 2.45) is 0 Å². The van der Waals surface area contributed by atoms with Gasteiger partial charge in [-0.25, -0.2) is 9.37 Å². The van der Waals surface area contributed by atoms with E-state index in [1.165, 1.54) is 6.07 Å². The van der Waals surface area contributed by atoms with E-state index in [0.29, 0.717) is 47.9 Å². The number of hydrogen-bond donors (Lipinski definition) is 1. The zero-order valence-corrected chi connectivity index (χ0v) is 12.3. The Balaban J connectivity index is 1.79. The molecular weight excluding hydrogens is 297 g/mol. The van der Waals surface area contributed by atoms with Gasteiger partial charge in [-0.05, 0) is 24.3 Å². The number of aromatic amines is 1. The number of benzene rings is 2. The second kappa shape index (κ2) is 5.39. The molecule has 0 saturated carbocycles. The van der Waals surface area contributed by atoms with Crippen LogP contribution in [0.3, 0.4) is 0 Å². The Morgan fingerprint density at radius 3 is 2.96 bits per heavy atom. The van der Waals surface area contributed by atoms with Gasteiger partial charge in [-0.3, -0.25) is 9.78 Å². The van der Waals surface area contributed by atoms with Gasteiger partial charge in [0.25, 0.3) is 5.56 Å². The maximum absolute atomic E-state index is 14.1. The summed E-state index contributed by atoms with van der Waals surface area (Å²) in [5.41, 5.74) is 0.885. The fourth-order valence-electron chi connectivity index (χ4n) is 2.77. The molecule has 4 rings (SSSR count). The molecule has 1 aromatic heterocycles. The van der Waals surface area contributed by atoms with Crippen molar-refractivity contribution in [1.82, 2.24) is 9.97 Å². The molecule has 0 unspecified atom stereocenters. The molecule has 0 atom stereocenters. The number of nitrogens with zero attached hydrogens (tertiary/aromatic N) is 2. The molecule has 1 aliphatic heterocycles. The Morgan fingerprint density at radius 2 is 2.04 bits per heavy atom. The van der Waals surface area contributed by atoms with Crippen LogP contribution in [0.1, 0.15) is 5.56 Å². The average Bonchev–Trinajstić information content (AvgIpc) is 2.78. The van der Waals surface area contributed by atoms with E-state index in [4.69, 9.17) is 4.74 Å². The third kappa shape index (κ3) is 2.42. The van der Waals surface area contributed by atoms with Crippen LogP contribution in [0.25, 0.3) is 10.9 Å². The van der Waals surface area contributed by atoms with Crippen molar-refractivity contribution in [2.75, 3.05) is 18.1 Å². The highest BCUT2D eigenvalue weighted by molar-refractivity contribution is 5.78. The molecule has 1 aliphatic rings. The molecule has 3 aromatic rings. The number of para-hydroxylation sites is 1. The van der Waals surface area contributed by atoms with Crippen LogP contribution in [0.5, 0.6) is 5.75 Å². The van der Waals surface area contributed by atoms with Gasteiger partial charge in [0, 0.05) is 5.56 Å². The number of halogens is 1. The molecule has 0 aliphatic carbocycles. The Bertz CT molecular complexity index is 939. The minimum Gasteiger partial charge on any atom is -0.491 e. The number of rotatable bonds is 1. The van der Waals surface area contributed by atoms with Gasteiger partial charge in [-0.15, -0.1) is 0 Å². The first-order chi connectivity index (χ1) is 11.2. The molecule has 5 nitrogen and oxygen atoms in total. The third-order valence-electron chi connectivity index (χ3n) is 3.94. The summed E-state index contributed by atoms with van der Waals surface area (Å²) in [6.07, 6.45) is 0. The Labute approximate surface area is 131 Å². The molecule has 0 radical (unpaired) electrons. The Morgan fingerprint density at radius 1 is 1.17 bits per heavy atom. The smallest absolute Gasteiger partial charge is 0.260 e. The lowest BCUT2D eigenvalue weighted by atomic mass is 10.2. The minimum absolute atomic E-state index is 0.204. The lowest BCUT2D eigenvalue weighted by molar-refractivity contribution is 0.330. The summed E-state index contributed by atoms with van der Waals surface area (Å²) in [5, 5.41) is 0.536. The molecule has 23 heavy (non-hydrogen) atoms. The SMILES string of the molecule is O=c1[nH]c(N2CCOc3cccc(F)c3C2)nc2ccccc12. The first-order valence-corrected chi connectivity index (χ1v) is 7.36. The van der Waals surface area contributed by atoms with Crippen LogP contribution < -0.4 is 15.2 Å². The monoisotopic (exact) mass is 311 g/mol. The fourth-order valence-corrected chi connectivity index (χ4v) is 2.77. The minimum atomic E-state index is -0.322. The van der Waals surface area contributed by atoms with Crippen molar-refractivity contribution >= 4 is 16.9 Å². The molecule has 2 heterocycles. The third-order valence-corrected chi connectivity index (χ3v) is 3.94. The van der Waals surface area contributed by atoms with Crippen LogP contribution in [0.2, 0.25) is 0 Å².